The van der Waals surface area contributed by atoms with Crippen molar-refractivity contribution in [3.8, 4) is 0 Å². The summed E-state index contributed by atoms with van der Waals surface area (Å²) in [6, 6.07) is -0.800. The zero-order valence-electron chi connectivity index (χ0n) is 10.1. The molecule has 0 atom stereocenters. The highest BCUT2D eigenvalue weighted by Crippen LogP contribution is 2.36. The first-order valence-electron chi connectivity index (χ1n) is 5.34. The van der Waals surface area contributed by atoms with Crippen molar-refractivity contribution in [2.24, 2.45) is 0 Å². The van der Waals surface area contributed by atoms with E-state index in [2.05, 4.69) is 4.84 Å². The lowest BCUT2D eigenvalue weighted by atomic mass is 10.1. The Labute approximate surface area is 106 Å². The topological polar surface area (TPSA) is 32.8 Å². The molecule has 1 aliphatic heterocycles. The highest BCUT2D eigenvalue weighted by Gasteiger charge is 2.36. The number of carbonyl (C=O) groups is 1. The maximum atomic E-state index is 13.7. The number of urea groups is 1. The summed E-state index contributed by atoms with van der Waals surface area (Å²) in [5, 5.41) is 0.772. The van der Waals surface area contributed by atoms with E-state index in [1.54, 1.807) is 0 Å². The summed E-state index contributed by atoms with van der Waals surface area (Å²) in [5.41, 5.74) is -0.931. The molecule has 0 fully saturated rings. The maximum absolute atomic E-state index is 13.7. The van der Waals surface area contributed by atoms with Gasteiger partial charge in [0.2, 0.25) is 0 Å². The maximum Gasteiger partial charge on any atom is 0.348 e. The average molecular weight is 278 g/mol. The molecule has 0 saturated heterocycles. The Bertz CT molecular complexity index is 550. The van der Waals surface area contributed by atoms with Crippen molar-refractivity contribution in [2.45, 2.75) is 6.42 Å². The lowest BCUT2D eigenvalue weighted by Crippen LogP contribution is -2.40. The summed E-state index contributed by atoms with van der Waals surface area (Å²) in [7, 11) is 2.46. The van der Waals surface area contributed by atoms with Crippen LogP contribution in [0.25, 0.3) is 0 Å². The highest BCUT2D eigenvalue weighted by molar-refractivity contribution is 5.93. The number of amides is 2. The molecule has 1 heterocycles. The molecule has 0 radical (unpaired) electrons. The molecule has 0 spiro atoms. The predicted molar refractivity (Wildman–Crippen MR) is 57.5 cm³/mol. The van der Waals surface area contributed by atoms with Crippen LogP contribution in [-0.2, 0) is 11.3 Å². The number of fused-ring (bicyclic) bond motifs is 1. The summed E-state index contributed by atoms with van der Waals surface area (Å²) in [6.07, 6.45) is -0.0986. The number of hydrogen-bond acceptors (Lipinski definition) is 2. The number of hydrogen-bond donors (Lipinski definition) is 0. The standard InChI is InChI=1S/C11H10F4N2O2/c1-16(19-2)11(18)17-4-3-5-6(12)7(13)8(14)9(15)10(5)17/h3-4H2,1-2H3. The second-order valence-electron chi connectivity index (χ2n) is 3.95. The van der Waals surface area contributed by atoms with E-state index in [1.807, 2.05) is 0 Å². The van der Waals surface area contributed by atoms with E-state index in [0.29, 0.717) is 0 Å². The van der Waals surface area contributed by atoms with E-state index in [4.69, 9.17) is 0 Å². The third-order valence-electron chi connectivity index (χ3n) is 2.97. The second kappa shape index (κ2) is 4.69. The fourth-order valence-electron chi connectivity index (χ4n) is 1.95. The number of hydroxylamine groups is 2. The zero-order chi connectivity index (χ0) is 14.3. The van der Waals surface area contributed by atoms with Crippen molar-refractivity contribution < 1.29 is 27.2 Å². The zero-order valence-corrected chi connectivity index (χ0v) is 10.1. The van der Waals surface area contributed by atoms with E-state index in [9.17, 15) is 22.4 Å². The van der Waals surface area contributed by atoms with Crippen LogP contribution in [0.5, 0.6) is 0 Å². The molecule has 2 amide bonds. The number of halogens is 4. The van der Waals surface area contributed by atoms with Crippen LogP contribution in [0, 0.1) is 23.3 Å². The minimum atomic E-state index is -1.93. The van der Waals surface area contributed by atoms with Gasteiger partial charge in [0.15, 0.2) is 23.3 Å². The molecule has 8 heteroatoms. The molecule has 1 aromatic rings. The van der Waals surface area contributed by atoms with Gasteiger partial charge in [-0.05, 0) is 6.42 Å². The quantitative estimate of drug-likeness (QED) is 0.341. The lowest BCUT2D eigenvalue weighted by Gasteiger charge is -2.23. The lowest BCUT2D eigenvalue weighted by molar-refractivity contribution is -0.0621. The SMILES string of the molecule is CON(C)C(=O)N1CCc2c(F)c(F)c(F)c(F)c21. The van der Waals surface area contributed by atoms with Gasteiger partial charge in [-0.25, -0.2) is 27.4 Å². The van der Waals surface area contributed by atoms with Crippen LogP contribution in [0.1, 0.15) is 5.56 Å². The normalized spacial score (nSPS) is 13.7. The summed E-state index contributed by atoms with van der Waals surface area (Å²) in [4.78, 5) is 17.2. The van der Waals surface area contributed by atoms with Gasteiger partial charge >= 0.3 is 6.03 Å². The number of anilines is 1. The van der Waals surface area contributed by atoms with Crippen molar-refractivity contribution in [1.29, 1.82) is 0 Å². The van der Waals surface area contributed by atoms with Crippen LogP contribution in [0.2, 0.25) is 0 Å². The fraction of sp³-hybridized carbons (Fsp3) is 0.364. The van der Waals surface area contributed by atoms with Crippen molar-refractivity contribution in [2.75, 3.05) is 25.6 Å². The van der Waals surface area contributed by atoms with Crippen molar-refractivity contribution >= 4 is 11.7 Å². The summed E-state index contributed by atoms with van der Waals surface area (Å²) in [6.45, 7) is -0.0847. The molecular formula is C11H10F4N2O2. The van der Waals surface area contributed by atoms with Gasteiger partial charge in [0.25, 0.3) is 0 Å². The Hall–Kier alpha value is -1.83. The summed E-state index contributed by atoms with van der Waals surface area (Å²) in [5.74, 6) is -6.85. The molecule has 0 aliphatic carbocycles. The Balaban J connectivity index is 2.54. The monoisotopic (exact) mass is 278 g/mol. The van der Waals surface area contributed by atoms with Crippen LogP contribution in [0.15, 0.2) is 0 Å². The molecule has 0 aromatic heterocycles. The molecule has 0 bridgehead atoms. The molecule has 0 saturated carbocycles. The minimum Gasteiger partial charge on any atom is -0.289 e. The Morgan fingerprint density at radius 2 is 1.74 bits per heavy atom. The largest absolute Gasteiger partial charge is 0.348 e. The molecule has 1 aliphatic rings. The smallest absolute Gasteiger partial charge is 0.289 e. The minimum absolute atomic E-state index is 0.0847. The van der Waals surface area contributed by atoms with Gasteiger partial charge in [-0.1, -0.05) is 0 Å². The number of carbonyl (C=O) groups excluding carboxylic acids is 1. The first kappa shape index (κ1) is 13.6. The predicted octanol–water partition coefficient (Wildman–Crippen LogP) is 2.22. The third-order valence-corrected chi connectivity index (χ3v) is 2.97. The molecule has 2 rings (SSSR count). The van der Waals surface area contributed by atoms with Gasteiger partial charge in [0, 0.05) is 19.2 Å². The van der Waals surface area contributed by atoms with E-state index >= 15 is 0 Å². The molecule has 0 unspecified atom stereocenters. The second-order valence-corrected chi connectivity index (χ2v) is 3.95. The van der Waals surface area contributed by atoms with Crippen LogP contribution in [-0.4, -0.2) is 31.8 Å². The van der Waals surface area contributed by atoms with Gasteiger partial charge in [-0.2, -0.15) is 0 Å². The number of benzene rings is 1. The van der Waals surface area contributed by atoms with Gasteiger partial charge in [0.05, 0.1) is 12.8 Å². The van der Waals surface area contributed by atoms with Crippen LogP contribution < -0.4 is 4.90 Å². The Morgan fingerprint density at radius 1 is 1.16 bits per heavy atom. The molecular weight excluding hydrogens is 268 g/mol. The molecule has 4 nitrogen and oxygen atoms in total. The van der Waals surface area contributed by atoms with Crippen LogP contribution in [0.3, 0.4) is 0 Å². The molecule has 0 N–H and O–H groups in total. The van der Waals surface area contributed by atoms with Crippen molar-refractivity contribution in [3.63, 3.8) is 0 Å². The average Bonchev–Trinajstić information content (AvgIpc) is 2.85. The third kappa shape index (κ3) is 1.92. The Morgan fingerprint density at radius 3 is 2.32 bits per heavy atom. The summed E-state index contributed by atoms with van der Waals surface area (Å²) >= 11 is 0. The number of nitrogens with zero attached hydrogens (tertiary/aromatic N) is 2. The van der Waals surface area contributed by atoms with E-state index in [-0.39, 0.29) is 18.5 Å². The van der Waals surface area contributed by atoms with Crippen molar-refractivity contribution in [3.05, 3.63) is 28.8 Å². The molecule has 1 aromatic carbocycles. The highest BCUT2D eigenvalue weighted by atomic mass is 19.2. The molecule has 19 heavy (non-hydrogen) atoms. The van der Waals surface area contributed by atoms with Gasteiger partial charge in [0.1, 0.15) is 0 Å². The number of rotatable bonds is 1. The Kier molecular flexibility index (Phi) is 3.36. The van der Waals surface area contributed by atoms with E-state index in [1.165, 1.54) is 14.2 Å². The van der Waals surface area contributed by atoms with Crippen molar-refractivity contribution in [1.82, 2.24) is 5.06 Å². The van der Waals surface area contributed by atoms with E-state index < -0.39 is 35.0 Å². The van der Waals surface area contributed by atoms with Gasteiger partial charge in [-0.15, -0.1) is 0 Å². The van der Waals surface area contributed by atoms with Crippen LogP contribution in [0.4, 0.5) is 28.0 Å². The first-order chi connectivity index (χ1) is 8.90. The summed E-state index contributed by atoms with van der Waals surface area (Å²) < 4.78 is 53.5. The van der Waals surface area contributed by atoms with Gasteiger partial charge in [-0.3, -0.25) is 9.74 Å². The van der Waals surface area contributed by atoms with Crippen LogP contribution >= 0.6 is 0 Å². The first-order valence-corrected chi connectivity index (χ1v) is 5.34. The van der Waals surface area contributed by atoms with E-state index in [0.717, 1.165) is 9.96 Å². The fourth-order valence-corrected chi connectivity index (χ4v) is 1.95. The van der Waals surface area contributed by atoms with Gasteiger partial charge < -0.3 is 0 Å². The molecule has 104 valence electrons.